The molecule has 0 bridgehead atoms. The van der Waals surface area contributed by atoms with Gasteiger partial charge in [0.25, 0.3) is 5.91 Å². The lowest BCUT2D eigenvalue weighted by Gasteiger charge is -2.05. The Morgan fingerprint density at radius 1 is 1.27 bits per heavy atom. The van der Waals surface area contributed by atoms with Gasteiger partial charge in [-0.2, -0.15) is 5.10 Å². The maximum atomic E-state index is 12.2. The van der Waals surface area contributed by atoms with Crippen LogP contribution in [-0.2, 0) is 11.3 Å². The van der Waals surface area contributed by atoms with E-state index in [9.17, 15) is 9.59 Å². The molecule has 1 aromatic carbocycles. The van der Waals surface area contributed by atoms with Crippen LogP contribution in [0.25, 0.3) is 10.2 Å². The van der Waals surface area contributed by atoms with Crippen molar-refractivity contribution in [1.82, 2.24) is 20.6 Å². The molecule has 3 rings (SSSR count). The van der Waals surface area contributed by atoms with Crippen LogP contribution in [0.15, 0.2) is 30.3 Å². The Hall–Kier alpha value is -2.58. The normalized spacial score (nSPS) is 10.7. The van der Waals surface area contributed by atoms with E-state index in [2.05, 4.69) is 16.0 Å². The first kappa shape index (κ1) is 18.2. The van der Waals surface area contributed by atoms with Crippen LogP contribution in [0.5, 0.6) is 0 Å². The Kier molecular flexibility index (Phi) is 5.43. The fourth-order valence-corrected chi connectivity index (χ4v) is 3.61. The maximum Gasteiger partial charge on any atom is 0.426 e. The maximum absolute atomic E-state index is 12.2. The Morgan fingerprint density at radius 2 is 2.00 bits per heavy atom. The van der Waals surface area contributed by atoms with Gasteiger partial charge >= 0.3 is 6.09 Å². The van der Waals surface area contributed by atoms with Gasteiger partial charge < -0.3 is 4.74 Å². The van der Waals surface area contributed by atoms with E-state index in [0.29, 0.717) is 16.4 Å². The Balaban J connectivity index is 1.79. The second-order valence-corrected chi connectivity index (χ2v) is 6.97. The summed E-state index contributed by atoms with van der Waals surface area (Å²) in [5.74, 6) is -0.406. The van der Waals surface area contributed by atoms with Crippen molar-refractivity contribution in [3.8, 4) is 0 Å². The molecule has 136 valence electrons. The van der Waals surface area contributed by atoms with Crippen LogP contribution < -0.4 is 10.9 Å². The van der Waals surface area contributed by atoms with Gasteiger partial charge in [-0.25, -0.2) is 10.2 Å². The zero-order chi connectivity index (χ0) is 18.7. The number of nitrogens with zero attached hydrogens (tertiary/aromatic N) is 2. The van der Waals surface area contributed by atoms with Crippen LogP contribution in [0.3, 0.4) is 0 Å². The van der Waals surface area contributed by atoms with Crippen molar-refractivity contribution < 1.29 is 14.3 Å². The monoisotopic (exact) mass is 392 g/mol. The first-order valence-corrected chi connectivity index (χ1v) is 9.12. The molecule has 7 nitrogen and oxygen atoms in total. The average molecular weight is 393 g/mol. The third-order valence-electron chi connectivity index (χ3n) is 3.63. The number of aryl methyl sites for hydroxylation is 1. The molecule has 0 aliphatic carbocycles. The number of aromatic nitrogens is 2. The van der Waals surface area contributed by atoms with Gasteiger partial charge in [0.15, 0.2) is 0 Å². The van der Waals surface area contributed by atoms with Crippen LogP contribution in [0.1, 0.15) is 27.9 Å². The van der Waals surface area contributed by atoms with E-state index < -0.39 is 12.0 Å². The molecule has 26 heavy (non-hydrogen) atoms. The number of hydrogen-bond donors (Lipinski definition) is 2. The van der Waals surface area contributed by atoms with Crippen molar-refractivity contribution in [2.75, 3.05) is 6.61 Å². The molecular weight excluding hydrogens is 376 g/mol. The summed E-state index contributed by atoms with van der Waals surface area (Å²) in [6.07, 6.45) is -0.702. The van der Waals surface area contributed by atoms with Gasteiger partial charge in [-0.1, -0.05) is 23.7 Å². The molecule has 0 aliphatic rings. The van der Waals surface area contributed by atoms with Gasteiger partial charge in [-0.3, -0.25) is 14.9 Å². The van der Waals surface area contributed by atoms with E-state index in [4.69, 9.17) is 16.3 Å². The number of carbonyl (C=O) groups is 2. The van der Waals surface area contributed by atoms with Crippen LogP contribution in [0, 0.1) is 6.92 Å². The Morgan fingerprint density at radius 3 is 2.69 bits per heavy atom. The highest BCUT2D eigenvalue weighted by Gasteiger charge is 2.17. The molecule has 0 saturated heterocycles. The number of carbonyl (C=O) groups excluding carboxylic acids is 2. The van der Waals surface area contributed by atoms with Crippen LogP contribution in [-0.4, -0.2) is 28.4 Å². The lowest BCUT2D eigenvalue weighted by molar-refractivity contribution is 0.0916. The second kappa shape index (κ2) is 7.76. The predicted octanol–water partition coefficient (Wildman–Crippen LogP) is 3.50. The SMILES string of the molecule is CCOC(=O)NNC(=O)c1cc2c(C)nn(Cc3ccc(Cl)cc3)c2s1. The van der Waals surface area contributed by atoms with Crippen LogP contribution in [0.4, 0.5) is 4.79 Å². The lowest BCUT2D eigenvalue weighted by Crippen LogP contribution is -2.41. The number of ether oxygens (including phenoxy) is 1. The number of halogens is 1. The molecule has 2 aromatic heterocycles. The van der Waals surface area contributed by atoms with E-state index in [1.807, 2.05) is 35.9 Å². The van der Waals surface area contributed by atoms with Crippen molar-refractivity contribution in [2.24, 2.45) is 0 Å². The van der Waals surface area contributed by atoms with Gasteiger partial charge in [-0.05, 0) is 37.6 Å². The molecule has 2 N–H and O–H groups in total. The second-order valence-electron chi connectivity index (χ2n) is 5.50. The van der Waals surface area contributed by atoms with E-state index in [1.54, 1.807) is 13.0 Å². The molecule has 0 unspecified atom stereocenters. The average Bonchev–Trinajstić information content (AvgIpc) is 3.17. The van der Waals surface area contributed by atoms with Gasteiger partial charge in [0.1, 0.15) is 4.83 Å². The number of fused-ring (bicyclic) bond motifs is 1. The summed E-state index contributed by atoms with van der Waals surface area (Å²) in [6.45, 7) is 4.38. The lowest BCUT2D eigenvalue weighted by atomic mass is 10.2. The molecule has 0 fully saturated rings. The van der Waals surface area contributed by atoms with E-state index in [0.717, 1.165) is 21.5 Å². The minimum atomic E-state index is -0.702. The minimum absolute atomic E-state index is 0.227. The van der Waals surface area contributed by atoms with Crippen molar-refractivity contribution in [2.45, 2.75) is 20.4 Å². The number of benzene rings is 1. The Labute approximate surface area is 158 Å². The highest BCUT2D eigenvalue weighted by molar-refractivity contribution is 7.20. The standard InChI is InChI=1S/C17H17ClN4O3S/c1-3-25-17(24)20-19-15(23)14-8-13-10(2)21-22(16(13)26-14)9-11-4-6-12(18)7-5-11/h4-8H,3,9H2,1-2H3,(H,19,23)(H,20,24). The van der Waals surface area contributed by atoms with Gasteiger partial charge in [0, 0.05) is 10.4 Å². The van der Waals surface area contributed by atoms with Gasteiger partial charge in [-0.15, -0.1) is 11.3 Å². The number of rotatable bonds is 4. The van der Waals surface area contributed by atoms with Gasteiger partial charge in [0.05, 0.1) is 23.7 Å². The van der Waals surface area contributed by atoms with Crippen molar-refractivity contribution in [1.29, 1.82) is 0 Å². The first-order valence-electron chi connectivity index (χ1n) is 7.92. The summed E-state index contributed by atoms with van der Waals surface area (Å²) in [6, 6.07) is 9.31. The summed E-state index contributed by atoms with van der Waals surface area (Å²) in [4.78, 5) is 24.9. The highest BCUT2D eigenvalue weighted by atomic mass is 35.5. The number of hydrazine groups is 1. The molecular formula is C17H17ClN4O3S. The summed E-state index contributed by atoms with van der Waals surface area (Å²) in [5, 5.41) is 6.13. The number of hydrogen-bond acceptors (Lipinski definition) is 5. The van der Waals surface area contributed by atoms with E-state index in [-0.39, 0.29) is 6.61 Å². The molecule has 3 aromatic rings. The van der Waals surface area contributed by atoms with Crippen LogP contribution >= 0.6 is 22.9 Å². The zero-order valence-electron chi connectivity index (χ0n) is 14.2. The third kappa shape index (κ3) is 3.97. The van der Waals surface area contributed by atoms with Crippen molar-refractivity contribution >= 4 is 45.2 Å². The largest absolute Gasteiger partial charge is 0.449 e. The van der Waals surface area contributed by atoms with E-state index >= 15 is 0 Å². The number of amides is 2. The molecule has 0 aliphatic heterocycles. The summed E-state index contributed by atoms with van der Waals surface area (Å²) >= 11 is 7.23. The molecule has 0 atom stereocenters. The molecule has 9 heteroatoms. The number of nitrogens with one attached hydrogen (secondary N) is 2. The summed E-state index contributed by atoms with van der Waals surface area (Å²) in [5.41, 5.74) is 6.43. The Bertz CT molecular complexity index is 949. The summed E-state index contributed by atoms with van der Waals surface area (Å²) in [7, 11) is 0. The molecule has 2 heterocycles. The quantitative estimate of drug-likeness (QED) is 0.665. The van der Waals surface area contributed by atoms with Crippen molar-refractivity contribution in [3.05, 3.63) is 51.5 Å². The molecule has 2 amide bonds. The smallest absolute Gasteiger partial charge is 0.426 e. The molecule has 0 saturated carbocycles. The predicted molar refractivity (Wildman–Crippen MR) is 101 cm³/mol. The topological polar surface area (TPSA) is 85.2 Å². The van der Waals surface area contributed by atoms with Crippen molar-refractivity contribution in [3.63, 3.8) is 0 Å². The molecule has 0 radical (unpaired) electrons. The number of thiophene rings is 1. The first-order chi connectivity index (χ1) is 12.5. The third-order valence-corrected chi connectivity index (χ3v) is 5.03. The summed E-state index contributed by atoms with van der Waals surface area (Å²) < 4.78 is 6.56. The van der Waals surface area contributed by atoms with Gasteiger partial charge in [0.2, 0.25) is 0 Å². The molecule has 0 spiro atoms. The zero-order valence-corrected chi connectivity index (χ0v) is 15.8. The fraction of sp³-hybridized carbons (Fsp3) is 0.235. The fourth-order valence-electron chi connectivity index (χ4n) is 2.43. The van der Waals surface area contributed by atoms with Crippen LogP contribution in [0.2, 0.25) is 5.02 Å². The highest BCUT2D eigenvalue weighted by Crippen LogP contribution is 2.28. The minimum Gasteiger partial charge on any atom is -0.449 e. The van der Waals surface area contributed by atoms with E-state index in [1.165, 1.54) is 11.3 Å².